The maximum absolute atomic E-state index is 5.22. The van der Waals surface area contributed by atoms with E-state index < -0.39 is 0 Å². The van der Waals surface area contributed by atoms with Gasteiger partial charge in [0.05, 0.1) is 0 Å². The minimum atomic E-state index is 3.89. The molecule has 30 valence electrons. The molecule has 0 aromatic heterocycles. The summed E-state index contributed by atoms with van der Waals surface area (Å²) in [6.45, 7) is 0. The van der Waals surface area contributed by atoms with Gasteiger partial charge in [-0.05, 0) is 0 Å². The van der Waals surface area contributed by atoms with Gasteiger partial charge in [0.1, 0.15) is 2.35 Å². The fourth-order valence-electron chi connectivity index (χ4n) is 0. The minimum absolute atomic E-state index is 3.89. The SMILES string of the molecule is [15NH2][15NH2].[2H]Cl.[2H]Cl. The molecule has 2 nitrogen and oxygen atoms in total. The highest BCUT2D eigenvalue weighted by atomic mass is 35.5. The fourth-order valence-corrected chi connectivity index (χ4v) is 0. The molecule has 0 radical (unpaired) electrons. The van der Waals surface area contributed by atoms with Crippen LogP contribution in [0.25, 0.3) is 0 Å². The Labute approximate surface area is 39.6 Å². The highest BCUT2D eigenvalue weighted by molar-refractivity contribution is 5.85. The second-order valence-electron chi connectivity index (χ2n) is 0. The molecular weight excluding hydrogens is 101 g/mol. The summed E-state index contributed by atoms with van der Waals surface area (Å²) >= 11 is 7.78. The van der Waals surface area contributed by atoms with E-state index in [4.69, 9.17) is 2.35 Å². The van der Waals surface area contributed by atoms with Crippen LogP contribution >= 0.6 is 24.6 Å². The third kappa shape index (κ3) is 22.5. The molecule has 0 bridgehead atoms. The molecule has 0 saturated heterocycles. The van der Waals surface area contributed by atoms with Gasteiger partial charge in [-0.2, -0.15) is 0 Å². The smallest absolute Gasteiger partial charge is 0.147 e. The lowest BCUT2D eigenvalue weighted by molar-refractivity contribution is 1.26. The topological polar surface area (TPSA) is 52.0 Å². The van der Waals surface area contributed by atoms with Crippen LogP contribution in [0.5, 0.6) is 0 Å². The van der Waals surface area contributed by atoms with Crippen LogP contribution < -0.4 is 11.7 Å². The third-order valence-electron chi connectivity index (χ3n) is 0. The molecule has 0 aliphatic heterocycles. The monoisotopic (exact) mass is 108 g/mol. The Morgan fingerprint density at radius 2 is 1.25 bits per heavy atom. The van der Waals surface area contributed by atoms with Crippen LogP contribution in [0.4, 0.5) is 0 Å². The van der Waals surface area contributed by atoms with E-state index in [2.05, 4.69) is 36.3 Å². The number of hydrogen-bond donors (Lipinski definition) is 2. The average Bonchev–Trinajstić information content (AvgIpc) is 1.81. The summed E-state index contributed by atoms with van der Waals surface area (Å²) in [7, 11) is 0. The predicted molar refractivity (Wildman–Crippen MR) is 22.9 cm³/mol. The molecule has 0 atom stereocenters. The Morgan fingerprint density at radius 1 is 1.25 bits per heavy atom. The van der Waals surface area contributed by atoms with Gasteiger partial charge in [-0.15, -0.1) is 24.6 Å². The molecule has 0 aromatic rings. The first-order valence-electron chi connectivity index (χ1n) is 1.09. The summed E-state index contributed by atoms with van der Waals surface area (Å²) in [6, 6.07) is 0. The van der Waals surface area contributed by atoms with E-state index in [0.717, 1.165) is 0 Å². The molecular formula is H6Cl2N2. The van der Waals surface area contributed by atoms with Crippen molar-refractivity contribution in [2.75, 3.05) is 0 Å². The van der Waals surface area contributed by atoms with Crippen molar-refractivity contribution in [1.82, 2.24) is 0 Å². The van der Waals surface area contributed by atoms with Crippen LogP contribution in [0.15, 0.2) is 0 Å². The first kappa shape index (κ1) is 4.50. The second-order valence-corrected chi connectivity index (χ2v) is 0. The molecule has 0 aliphatic carbocycles. The van der Waals surface area contributed by atoms with Crippen molar-refractivity contribution in [3.8, 4) is 0 Å². The Balaban J connectivity index is -0.0000000225. The fraction of sp³-hybridized carbons (Fsp3) is 0. The molecule has 0 unspecified atom stereocenters. The van der Waals surface area contributed by atoms with Gasteiger partial charge in [0.15, 0.2) is 0 Å². The van der Waals surface area contributed by atoms with E-state index in [0.29, 0.717) is 0 Å². The van der Waals surface area contributed by atoms with Crippen LogP contribution in [-0.2, 0) is 0 Å². The summed E-state index contributed by atoms with van der Waals surface area (Å²) in [5.74, 6) is 8.00. The Bertz CT molecular complexity index is 9.51. The van der Waals surface area contributed by atoms with Gasteiger partial charge >= 0.3 is 0 Å². The number of rotatable bonds is 0. The Hall–Kier alpha value is 0.500. The van der Waals surface area contributed by atoms with Crippen molar-refractivity contribution in [3.05, 3.63) is 0 Å². The molecule has 0 spiro atoms. The lowest BCUT2D eigenvalue weighted by Gasteiger charge is -1.27. The van der Waals surface area contributed by atoms with E-state index in [9.17, 15) is 0 Å². The summed E-state index contributed by atoms with van der Waals surface area (Å²) in [5.41, 5.74) is 0. The zero-order valence-corrected chi connectivity index (χ0v) is 3.42. The summed E-state index contributed by atoms with van der Waals surface area (Å²) in [5, 5.41) is 0. The van der Waals surface area contributed by atoms with Crippen LogP contribution in [0, 0.1) is 0 Å². The molecule has 4 heteroatoms. The largest absolute Gasteiger partial charge is 0.274 e. The number of nitrogens with two attached hydrogens (primary N) is 2. The van der Waals surface area contributed by atoms with Gasteiger partial charge in [0, 0.05) is 0 Å². The summed E-state index contributed by atoms with van der Waals surface area (Å²) < 4.78 is 10.4. The van der Waals surface area contributed by atoms with Crippen molar-refractivity contribution in [2.24, 2.45) is 11.7 Å². The van der Waals surface area contributed by atoms with Crippen LogP contribution in [-0.4, -0.2) is 2.35 Å². The van der Waals surface area contributed by atoms with Gasteiger partial charge in [0.25, 0.3) is 0 Å². The van der Waals surface area contributed by atoms with Gasteiger partial charge < -0.3 is 0 Å². The quantitative estimate of drug-likeness (QED) is 0.254. The standard InChI is InChI=1S/2ClH.H4N2/c;;1-2/h2*1H;1-2H2/i;;1+1,2+1/hD2. The third-order valence-corrected chi connectivity index (χ3v) is 0. The van der Waals surface area contributed by atoms with Crippen molar-refractivity contribution >= 4 is 24.6 Å². The Morgan fingerprint density at radius 3 is 1.25 bits per heavy atom. The Kier molecular flexibility index (Phi) is 98.4. The van der Waals surface area contributed by atoms with Crippen molar-refractivity contribution in [2.45, 2.75) is 0 Å². The van der Waals surface area contributed by atoms with Crippen LogP contribution in [0.1, 0.15) is 0 Å². The predicted octanol–water partition coefficient (Wildman–Crippen LogP) is -0.338. The molecule has 4 heavy (non-hydrogen) atoms. The number of hydrazine groups is 1. The summed E-state index contributed by atoms with van der Waals surface area (Å²) in [4.78, 5) is 0. The van der Waals surface area contributed by atoms with E-state index in [1.807, 2.05) is 0 Å². The van der Waals surface area contributed by atoms with Crippen molar-refractivity contribution < 1.29 is 0 Å². The molecule has 0 aliphatic rings. The van der Waals surface area contributed by atoms with Crippen LogP contribution in [0.3, 0.4) is 0 Å². The van der Waals surface area contributed by atoms with Crippen molar-refractivity contribution in [3.63, 3.8) is 0 Å². The van der Waals surface area contributed by atoms with Gasteiger partial charge in [-0.1, -0.05) is 0 Å². The van der Waals surface area contributed by atoms with E-state index >= 15 is 0 Å². The molecule has 0 heterocycles. The highest BCUT2D eigenvalue weighted by Crippen LogP contribution is 0.691. The highest BCUT2D eigenvalue weighted by Gasteiger charge is 0.726. The number of hydrogen-bond acceptors (Lipinski definition) is 2. The normalized spacial score (nSPS) is 5.00. The molecule has 0 fully saturated rings. The first-order chi connectivity index (χ1) is 3.00. The lowest BCUT2D eigenvalue weighted by atomic mass is 14.0. The molecule has 0 rings (SSSR count). The molecule has 0 aromatic carbocycles. The zero-order chi connectivity index (χ0) is 6.00. The van der Waals surface area contributed by atoms with Gasteiger partial charge in [-0.25, -0.2) is 0 Å². The zero-order valence-electron chi connectivity index (χ0n) is 3.91. The molecule has 0 amide bonds. The summed E-state index contributed by atoms with van der Waals surface area (Å²) in [6.07, 6.45) is 0. The van der Waals surface area contributed by atoms with E-state index in [1.165, 1.54) is 0 Å². The lowest BCUT2D eigenvalue weighted by Crippen LogP contribution is -2.02. The molecule has 0 saturated carbocycles. The maximum Gasteiger partial charge on any atom is 0.147 e. The minimum Gasteiger partial charge on any atom is -0.274 e. The van der Waals surface area contributed by atoms with Crippen molar-refractivity contribution in [1.29, 1.82) is 2.35 Å². The van der Waals surface area contributed by atoms with E-state index in [-0.39, 0.29) is 0 Å². The maximum atomic E-state index is 5.22. The van der Waals surface area contributed by atoms with Gasteiger partial charge in [-0.3, -0.25) is 11.7 Å². The number of halogens is 2. The van der Waals surface area contributed by atoms with Gasteiger partial charge in [0.2, 0.25) is 0 Å². The second kappa shape index (κ2) is 87.5. The first-order valence-corrected chi connectivity index (χ1v) is 0.333. The van der Waals surface area contributed by atoms with E-state index in [1.54, 1.807) is 0 Å². The average molecular weight is 109 g/mol. The molecule has 4 N–H and O–H groups in total. The van der Waals surface area contributed by atoms with Crippen LogP contribution in [0.2, 0.25) is 0 Å².